The van der Waals surface area contributed by atoms with Gasteiger partial charge in [-0.15, -0.1) is 0 Å². The lowest BCUT2D eigenvalue weighted by Crippen LogP contribution is -2.24. The third kappa shape index (κ3) is 5.91. The van der Waals surface area contributed by atoms with E-state index < -0.39 is 6.03 Å². The van der Waals surface area contributed by atoms with E-state index in [1.807, 2.05) is 20.8 Å². The third-order valence-electron chi connectivity index (χ3n) is 2.28. The number of urea groups is 1. The summed E-state index contributed by atoms with van der Waals surface area (Å²) in [6, 6.07) is 2.67. The Labute approximate surface area is 129 Å². The SMILES string of the molecule is CCOc1cc(/C=N\NC(N)=O)cc(Cl)c1OCC(C)C. The number of benzene rings is 1. The topological polar surface area (TPSA) is 85.9 Å². The van der Waals surface area contributed by atoms with Crippen LogP contribution in [0.5, 0.6) is 11.5 Å². The Morgan fingerprint density at radius 2 is 2.19 bits per heavy atom. The van der Waals surface area contributed by atoms with Gasteiger partial charge in [0, 0.05) is 0 Å². The number of hydrogen-bond acceptors (Lipinski definition) is 4. The van der Waals surface area contributed by atoms with Gasteiger partial charge in [-0.2, -0.15) is 5.10 Å². The molecule has 0 spiro atoms. The molecule has 0 saturated heterocycles. The van der Waals surface area contributed by atoms with E-state index in [0.29, 0.717) is 41.2 Å². The van der Waals surface area contributed by atoms with E-state index in [1.165, 1.54) is 6.21 Å². The molecule has 1 rings (SSSR count). The zero-order valence-electron chi connectivity index (χ0n) is 12.4. The van der Waals surface area contributed by atoms with Crippen LogP contribution in [0.25, 0.3) is 0 Å². The van der Waals surface area contributed by atoms with Gasteiger partial charge < -0.3 is 15.2 Å². The summed E-state index contributed by atoms with van der Waals surface area (Å²) in [6.45, 7) is 6.98. The molecule has 2 amide bonds. The van der Waals surface area contributed by atoms with E-state index in [0.717, 1.165) is 0 Å². The molecule has 0 aliphatic heterocycles. The predicted molar refractivity (Wildman–Crippen MR) is 83.3 cm³/mol. The van der Waals surface area contributed by atoms with Gasteiger partial charge in [-0.3, -0.25) is 0 Å². The minimum Gasteiger partial charge on any atom is -0.490 e. The highest BCUT2D eigenvalue weighted by Crippen LogP contribution is 2.36. The molecule has 3 N–H and O–H groups in total. The van der Waals surface area contributed by atoms with E-state index in [9.17, 15) is 4.79 Å². The number of ether oxygens (including phenoxy) is 2. The van der Waals surface area contributed by atoms with Crippen molar-refractivity contribution in [2.24, 2.45) is 16.8 Å². The second-order valence-corrected chi connectivity index (χ2v) is 5.11. The van der Waals surface area contributed by atoms with Crippen LogP contribution >= 0.6 is 11.6 Å². The molecule has 0 unspecified atom stereocenters. The van der Waals surface area contributed by atoms with Crippen LogP contribution < -0.4 is 20.6 Å². The first-order valence-corrected chi connectivity index (χ1v) is 6.99. The quantitative estimate of drug-likeness (QED) is 0.599. The van der Waals surface area contributed by atoms with Gasteiger partial charge in [0.25, 0.3) is 0 Å². The lowest BCUT2D eigenvalue weighted by Gasteiger charge is -2.15. The highest BCUT2D eigenvalue weighted by Gasteiger charge is 2.12. The van der Waals surface area contributed by atoms with Gasteiger partial charge >= 0.3 is 6.03 Å². The number of hydrogen-bond donors (Lipinski definition) is 2. The van der Waals surface area contributed by atoms with Gasteiger partial charge in [0.05, 0.1) is 24.5 Å². The zero-order chi connectivity index (χ0) is 15.8. The van der Waals surface area contributed by atoms with Crippen molar-refractivity contribution in [2.45, 2.75) is 20.8 Å². The van der Waals surface area contributed by atoms with Gasteiger partial charge in [-0.1, -0.05) is 25.4 Å². The molecule has 6 nitrogen and oxygen atoms in total. The lowest BCUT2D eigenvalue weighted by molar-refractivity contribution is 0.248. The lowest BCUT2D eigenvalue weighted by atomic mass is 10.2. The standard InChI is InChI=1S/C14H20ClN3O3/c1-4-20-12-6-10(7-17-18-14(16)19)5-11(15)13(12)21-8-9(2)3/h5-7,9H,4,8H2,1-3H3,(H3,16,18,19)/b17-7-. The first kappa shape index (κ1) is 17.1. The Kier molecular flexibility index (Phi) is 6.81. The first-order valence-electron chi connectivity index (χ1n) is 6.61. The summed E-state index contributed by atoms with van der Waals surface area (Å²) in [4.78, 5) is 10.6. The predicted octanol–water partition coefficient (Wildman–Crippen LogP) is 2.78. The van der Waals surface area contributed by atoms with Gasteiger partial charge in [0.2, 0.25) is 0 Å². The molecule has 0 heterocycles. The normalized spacial score (nSPS) is 10.9. The number of primary amides is 1. The highest BCUT2D eigenvalue weighted by atomic mass is 35.5. The van der Waals surface area contributed by atoms with Crippen molar-refractivity contribution < 1.29 is 14.3 Å². The van der Waals surface area contributed by atoms with Crippen LogP contribution in [0.1, 0.15) is 26.3 Å². The Balaban J connectivity index is 2.99. The number of rotatable bonds is 7. The number of carbonyl (C=O) groups excluding carboxylic acids is 1. The summed E-state index contributed by atoms with van der Waals surface area (Å²) in [6.07, 6.45) is 1.42. The Hall–Kier alpha value is -1.95. The zero-order valence-corrected chi connectivity index (χ0v) is 13.1. The molecule has 0 aromatic heterocycles. The fraction of sp³-hybridized carbons (Fsp3) is 0.429. The van der Waals surface area contributed by atoms with Crippen molar-refractivity contribution in [1.82, 2.24) is 5.43 Å². The van der Waals surface area contributed by atoms with Crippen molar-refractivity contribution >= 4 is 23.8 Å². The molecule has 0 aliphatic rings. The summed E-state index contributed by atoms with van der Waals surface area (Å²) in [5, 5.41) is 4.10. The fourth-order valence-electron chi connectivity index (χ4n) is 1.49. The Morgan fingerprint density at radius 1 is 1.48 bits per heavy atom. The van der Waals surface area contributed by atoms with Crippen LogP contribution in [0.4, 0.5) is 4.79 Å². The Morgan fingerprint density at radius 3 is 2.76 bits per heavy atom. The maximum Gasteiger partial charge on any atom is 0.332 e. The summed E-state index contributed by atoms with van der Waals surface area (Å²) < 4.78 is 11.2. The molecule has 0 saturated carbocycles. The molecule has 1 aromatic carbocycles. The van der Waals surface area contributed by atoms with Gasteiger partial charge in [0.1, 0.15) is 0 Å². The van der Waals surface area contributed by atoms with Crippen LogP contribution in [0.15, 0.2) is 17.2 Å². The van der Waals surface area contributed by atoms with Crippen LogP contribution in [-0.4, -0.2) is 25.5 Å². The second-order valence-electron chi connectivity index (χ2n) is 4.70. The highest BCUT2D eigenvalue weighted by molar-refractivity contribution is 6.32. The maximum absolute atomic E-state index is 10.6. The molecule has 0 aliphatic carbocycles. The van der Waals surface area contributed by atoms with Gasteiger partial charge in [-0.05, 0) is 30.5 Å². The molecule has 0 radical (unpaired) electrons. The first-order chi connectivity index (χ1) is 9.93. The van der Waals surface area contributed by atoms with Crippen molar-refractivity contribution in [2.75, 3.05) is 13.2 Å². The Bertz CT molecular complexity index is 518. The van der Waals surface area contributed by atoms with Crippen LogP contribution in [0.2, 0.25) is 5.02 Å². The average molecular weight is 314 g/mol. The largest absolute Gasteiger partial charge is 0.490 e. The van der Waals surface area contributed by atoms with Crippen molar-refractivity contribution in [3.63, 3.8) is 0 Å². The van der Waals surface area contributed by atoms with Crippen molar-refractivity contribution in [1.29, 1.82) is 0 Å². The van der Waals surface area contributed by atoms with Gasteiger partial charge in [0.15, 0.2) is 11.5 Å². The van der Waals surface area contributed by atoms with E-state index in [-0.39, 0.29) is 0 Å². The minimum absolute atomic E-state index is 0.372. The number of carbonyl (C=O) groups is 1. The number of nitrogens with zero attached hydrogens (tertiary/aromatic N) is 1. The van der Waals surface area contributed by atoms with Crippen LogP contribution in [0.3, 0.4) is 0 Å². The number of hydrazone groups is 1. The minimum atomic E-state index is -0.737. The molecule has 0 fully saturated rings. The number of nitrogens with one attached hydrogen (secondary N) is 1. The van der Waals surface area contributed by atoms with E-state index in [4.69, 9.17) is 26.8 Å². The summed E-state index contributed by atoms with van der Waals surface area (Å²) >= 11 is 6.22. The molecule has 1 aromatic rings. The smallest absolute Gasteiger partial charge is 0.332 e. The van der Waals surface area contributed by atoms with E-state index in [2.05, 4.69) is 10.5 Å². The van der Waals surface area contributed by atoms with E-state index >= 15 is 0 Å². The molecular weight excluding hydrogens is 294 g/mol. The molecule has 21 heavy (non-hydrogen) atoms. The fourth-order valence-corrected chi connectivity index (χ4v) is 1.76. The summed E-state index contributed by atoms with van der Waals surface area (Å²) in [7, 11) is 0. The second kappa shape index (κ2) is 8.36. The molecule has 0 atom stereocenters. The molecule has 116 valence electrons. The van der Waals surface area contributed by atoms with Gasteiger partial charge in [-0.25, -0.2) is 10.2 Å². The molecule has 7 heteroatoms. The average Bonchev–Trinajstić information content (AvgIpc) is 2.37. The number of halogens is 1. The summed E-state index contributed by atoms with van der Waals surface area (Å²) in [5.41, 5.74) is 7.70. The van der Waals surface area contributed by atoms with Crippen LogP contribution in [-0.2, 0) is 0 Å². The summed E-state index contributed by atoms with van der Waals surface area (Å²) in [5.74, 6) is 1.41. The van der Waals surface area contributed by atoms with Crippen LogP contribution in [0, 0.1) is 5.92 Å². The molecule has 0 bridgehead atoms. The van der Waals surface area contributed by atoms with E-state index in [1.54, 1.807) is 12.1 Å². The van der Waals surface area contributed by atoms with Crippen molar-refractivity contribution in [3.8, 4) is 11.5 Å². The molecular formula is C14H20ClN3O3. The monoisotopic (exact) mass is 313 g/mol. The number of nitrogens with two attached hydrogens (primary N) is 1. The number of amides is 2. The maximum atomic E-state index is 10.6. The van der Waals surface area contributed by atoms with Crippen molar-refractivity contribution in [3.05, 3.63) is 22.7 Å². The third-order valence-corrected chi connectivity index (χ3v) is 2.56.